The Kier molecular flexibility index (Phi) is 5.93. The van der Waals surface area contributed by atoms with E-state index in [0.717, 1.165) is 21.7 Å². The van der Waals surface area contributed by atoms with Crippen molar-refractivity contribution in [3.05, 3.63) is 86.4 Å². The molecular formula is C26H25ClN2O3S. The first-order valence-electron chi connectivity index (χ1n) is 10.6. The molecule has 1 fully saturated rings. The molecule has 0 radical (unpaired) electrons. The van der Waals surface area contributed by atoms with Crippen LogP contribution in [0.5, 0.6) is 0 Å². The molecule has 4 rings (SSSR count). The maximum atomic E-state index is 13.2. The molecule has 1 atom stereocenters. The topological polar surface area (TPSA) is 70.5 Å². The minimum absolute atomic E-state index is 0.0383. The van der Waals surface area contributed by atoms with Gasteiger partial charge < -0.3 is 5.11 Å². The number of aliphatic hydroxyl groups is 1. The van der Waals surface area contributed by atoms with Crippen LogP contribution in [0.2, 0.25) is 5.02 Å². The second-order valence-electron chi connectivity index (χ2n) is 9.19. The zero-order valence-corrected chi connectivity index (χ0v) is 20.7. The fourth-order valence-electron chi connectivity index (χ4n) is 3.83. The Morgan fingerprint density at radius 2 is 1.64 bits per heavy atom. The van der Waals surface area contributed by atoms with Crippen LogP contribution in [0, 0.1) is 13.8 Å². The molecule has 7 heteroatoms. The summed E-state index contributed by atoms with van der Waals surface area (Å²) >= 11 is 7.35. The second kappa shape index (κ2) is 8.43. The Labute approximate surface area is 202 Å². The van der Waals surface area contributed by atoms with Gasteiger partial charge >= 0.3 is 5.91 Å². The maximum absolute atomic E-state index is 13.2. The van der Waals surface area contributed by atoms with Gasteiger partial charge in [0.2, 0.25) is 0 Å². The van der Waals surface area contributed by atoms with E-state index in [1.807, 2.05) is 38.1 Å². The summed E-state index contributed by atoms with van der Waals surface area (Å²) in [6, 6.07) is 13.5. The molecule has 0 aliphatic carbocycles. The smallest absolute Gasteiger partial charge is 0.301 e. The quantitative estimate of drug-likeness (QED) is 0.270. The molecule has 5 nitrogen and oxygen atoms in total. The minimum atomic E-state index is -0.792. The molecule has 2 aromatic carbocycles. The van der Waals surface area contributed by atoms with Gasteiger partial charge in [-0.3, -0.25) is 14.5 Å². The standard InChI is InChI=1S/C26H25ClN2O3S/c1-14-15(2)33-25(28-14)29-21(16-6-10-18(11-7-16)26(3,4)5)20(23(31)24(29)32)22(30)17-8-12-19(27)13-9-17/h6-13,21,30H,1-5H3/t21-/m0/s1. The largest absolute Gasteiger partial charge is 0.507 e. The second-order valence-corrected chi connectivity index (χ2v) is 10.8. The lowest BCUT2D eigenvalue weighted by Gasteiger charge is -2.24. The van der Waals surface area contributed by atoms with Gasteiger partial charge in [-0.1, -0.05) is 56.6 Å². The van der Waals surface area contributed by atoms with Crippen LogP contribution >= 0.6 is 22.9 Å². The molecule has 1 N–H and O–H groups in total. The number of ketones is 1. The van der Waals surface area contributed by atoms with Crippen molar-refractivity contribution in [3.63, 3.8) is 0 Å². The van der Waals surface area contributed by atoms with Crippen LogP contribution in [0.4, 0.5) is 5.13 Å². The predicted molar refractivity (Wildman–Crippen MR) is 133 cm³/mol. The number of thiazole rings is 1. The SMILES string of the molecule is Cc1nc(N2C(=O)C(=O)C(=C(O)c3ccc(Cl)cc3)[C@@H]2c2ccc(C(C)(C)C)cc2)sc1C. The molecule has 3 aromatic rings. The highest BCUT2D eigenvalue weighted by Gasteiger charge is 2.48. The molecule has 1 aromatic heterocycles. The molecule has 1 aliphatic heterocycles. The van der Waals surface area contributed by atoms with E-state index in [0.29, 0.717) is 15.7 Å². The number of hydrogen-bond donors (Lipinski definition) is 1. The number of Topliss-reactive ketones (excluding diaryl/α,β-unsaturated/α-hetero) is 1. The number of aliphatic hydroxyl groups excluding tert-OH is 1. The monoisotopic (exact) mass is 480 g/mol. The van der Waals surface area contributed by atoms with Crippen LogP contribution in [0.15, 0.2) is 54.1 Å². The fourth-order valence-corrected chi connectivity index (χ4v) is 4.90. The molecular weight excluding hydrogens is 456 g/mol. The Morgan fingerprint density at radius 3 is 2.15 bits per heavy atom. The Morgan fingerprint density at radius 1 is 1.03 bits per heavy atom. The molecule has 0 unspecified atom stereocenters. The van der Waals surface area contributed by atoms with Crippen molar-refractivity contribution in [2.24, 2.45) is 0 Å². The third kappa shape index (κ3) is 4.21. The van der Waals surface area contributed by atoms with E-state index in [4.69, 9.17) is 11.6 Å². The normalized spacial score (nSPS) is 18.2. The fraction of sp³-hybridized carbons (Fsp3) is 0.269. The van der Waals surface area contributed by atoms with Crippen molar-refractivity contribution in [1.82, 2.24) is 4.98 Å². The van der Waals surface area contributed by atoms with E-state index in [2.05, 4.69) is 25.8 Å². The summed E-state index contributed by atoms with van der Waals surface area (Å²) in [5.41, 5.74) is 3.06. The summed E-state index contributed by atoms with van der Waals surface area (Å²) in [6.45, 7) is 10.2. The highest BCUT2D eigenvalue weighted by atomic mass is 35.5. The average Bonchev–Trinajstić information content (AvgIpc) is 3.23. The van der Waals surface area contributed by atoms with Crippen molar-refractivity contribution in [2.75, 3.05) is 4.90 Å². The van der Waals surface area contributed by atoms with E-state index < -0.39 is 17.7 Å². The number of carbonyl (C=O) groups excluding carboxylic acids is 2. The van der Waals surface area contributed by atoms with E-state index in [-0.39, 0.29) is 16.7 Å². The van der Waals surface area contributed by atoms with E-state index in [9.17, 15) is 14.7 Å². The molecule has 33 heavy (non-hydrogen) atoms. The van der Waals surface area contributed by atoms with Gasteiger partial charge in [-0.2, -0.15) is 0 Å². The van der Waals surface area contributed by atoms with Gasteiger partial charge in [-0.25, -0.2) is 4.98 Å². The van der Waals surface area contributed by atoms with Crippen LogP contribution in [0.25, 0.3) is 5.76 Å². The molecule has 1 aliphatic rings. The Bertz CT molecular complexity index is 1250. The lowest BCUT2D eigenvalue weighted by Crippen LogP contribution is -2.29. The van der Waals surface area contributed by atoms with Crippen molar-refractivity contribution in [2.45, 2.75) is 46.1 Å². The summed E-state index contributed by atoms with van der Waals surface area (Å²) in [4.78, 5) is 33.3. The molecule has 0 bridgehead atoms. The van der Waals surface area contributed by atoms with Crippen molar-refractivity contribution < 1.29 is 14.7 Å². The zero-order valence-electron chi connectivity index (χ0n) is 19.1. The predicted octanol–water partition coefficient (Wildman–Crippen LogP) is 6.34. The minimum Gasteiger partial charge on any atom is -0.507 e. The number of halogens is 1. The first-order chi connectivity index (χ1) is 15.5. The number of carbonyl (C=O) groups is 2. The lowest BCUT2D eigenvalue weighted by molar-refractivity contribution is -0.132. The van der Waals surface area contributed by atoms with Gasteiger partial charge in [0.25, 0.3) is 5.78 Å². The Hall–Kier alpha value is -2.96. The summed E-state index contributed by atoms with van der Waals surface area (Å²) in [5, 5.41) is 12.1. The number of aryl methyl sites for hydroxylation is 2. The van der Waals surface area contributed by atoms with Crippen LogP contribution in [0.3, 0.4) is 0 Å². The molecule has 1 amide bonds. The third-order valence-electron chi connectivity index (χ3n) is 5.88. The summed E-state index contributed by atoms with van der Waals surface area (Å²) in [6.07, 6.45) is 0. The van der Waals surface area contributed by atoms with Gasteiger partial charge in [0.15, 0.2) is 5.13 Å². The average molecular weight is 481 g/mol. The van der Waals surface area contributed by atoms with Crippen molar-refractivity contribution in [3.8, 4) is 0 Å². The van der Waals surface area contributed by atoms with Gasteiger partial charge in [-0.05, 0) is 54.7 Å². The van der Waals surface area contributed by atoms with Crippen LogP contribution < -0.4 is 4.90 Å². The molecule has 0 spiro atoms. The number of benzene rings is 2. The molecule has 2 heterocycles. The molecule has 0 saturated carbocycles. The van der Waals surface area contributed by atoms with Crippen LogP contribution in [-0.4, -0.2) is 21.8 Å². The van der Waals surface area contributed by atoms with Crippen LogP contribution in [0.1, 0.15) is 54.1 Å². The number of anilines is 1. The zero-order chi connectivity index (χ0) is 24.1. The lowest BCUT2D eigenvalue weighted by atomic mass is 9.85. The van der Waals surface area contributed by atoms with E-state index in [1.165, 1.54) is 16.2 Å². The first kappa shape index (κ1) is 23.2. The molecule has 1 saturated heterocycles. The van der Waals surface area contributed by atoms with Crippen LogP contribution in [-0.2, 0) is 15.0 Å². The van der Waals surface area contributed by atoms with E-state index >= 15 is 0 Å². The van der Waals surface area contributed by atoms with Gasteiger partial charge in [0.1, 0.15) is 5.76 Å². The number of aromatic nitrogens is 1. The summed E-state index contributed by atoms with van der Waals surface area (Å²) in [5.74, 6) is -1.68. The van der Waals surface area contributed by atoms with Gasteiger partial charge in [0, 0.05) is 15.5 Å². The van der Waals surface area contributed by atoms with E-state index in [1.54, 1.807) is 24.3 Å². The van der Waals surface area contributed by atoms with Crippen molar-refractivity contribution >= 4 is 45.5 Å². The number of hydrogen-bond acceptors (Lipinski definition) is 5. The highest BCUT2D eigenvalue weighted by molar-refractivity contribution is 7.16. The molecule has 170 valence electrons. The highest BCUT2D eigenvalue weighted by Crippen LogP contribution is 2.44. The van der Waals surface area contributed by atoms with Gasteiger partial charge in [-0.15, -0.1) is 11.3 Å². The van der Waals surface area contributed by atoms with Crippen molar-refractivity contribution in [1.29, 1.82) is 0 Å². The Balaban J connectivity index is 1.92. The summed E-state index contributed by atoms with van der Waals surface area (Å²) in [7, 11) is 0. The number of rotatable bonds is 3. The number of nitrogens with zero attached hydrogens (tertiary/aromatic N) is 2. The number of amides is 1. The first-order valence-corrected chi connectivity index (χ1v) is 11.8. The third-order valence-corrected chi connectivity index (χ3v) is 7.20. The van der Waals surface area contributed by atoms with Gasteiger partial charge in [0.05, 0.1) is 17.3 Å². The summed E-state index contributed by atoms with van der Waals surface area (Å²) < 4.78 is 0. The maximum Gasteiger partial charge on any atom is 0.301 e.